The lowest BCUT2D eigenvalue weighted by Crippen LogP contribution is -2.92. The highest BCUT2D eigenvalue weighted by Crippen LogP contribution is 2.64. The van der Waals surface area contributed by atoms with Gasteiger partial charge < -0.3 is 19.5 Å². The normalized spacial score (nSPS) is 30.5. The molecule has 2 saturated heterocycles. The van der Waals surface area contributed by atoms with Crippen LogP contribution in [0.25, 0.3) is 0 Å². The highest BCUT2D eigenvalue weighted by Gasteiger charge is 2.81. The van der Waals surface area contributed by atoms with E-state index in [1.165, 1.54) is 11.9 Å². The van der Waals surface area contributed by atoms with Gasteiger partial charge in [-0.1, -0.05) is 32.3 Å². The third kappa shape index (κ3) is 3.65. The standard InChI is InChI=1S/C21H23ClI2N4O4/c1-10-5-14(22)16(24-6-10)27-17-11(2)18(26-9-25-17)31-15-12-7-28(19(29)32-20(3,4)23)21(12)13(15)8-30-21/h5-6,9,12-13,15H,7-8H2,1-4H3,(H,25,26,27). The van der Waals surface area contributed by atoms with E-state index in [4.69, 9.17) is 25.8 Å². The van der Waals surface area contributed by atoms with E-state index in [0.717, 1.165) is 14.3 Å². The van der Waals surface area contributed by atoms with Crippen molar-refractivity contribution in [1.82, 2.24) is 14.9 Å². The number of carbonyl (C=O) groups is 1. The molecule has 4 unspecified atom stereocenters. The van der Waals surface area contributed by atoms with Crippen LogP contribution in [0, 0.1) is 18.8 Å². The fourth-order valence-corrected chi connectivity index (χ4v) is 7.06. The monoisotopic (exact) mass is 684 g/mol. The van der Waals surface area contributed by atoms with Crippen LogP contribution in [0.2, 0.25) is 0 Å². The molecule has 4 aliphatic rings. The molecule has 1 aliphatic carbocycles. The van der Waals surface area contributed by atoms with E-state index < -0.39 is 9.33 Å². The van der Waals surface area contributed by atoms with Gasteiger partial charge in [-0.25, -0.2) is 14.8 Å². The van der Waals surface area contributed by atoms with Gasteiger partial charge in [0.1, 0.15) is 18.2 Å². The van der Waals surface area contributed by atoms with Gasteiger partial charge >= 0.3 is 6.09 Å². The number of nitrogens with one attached hydrogen (secondary N) is 1. The van der Waals surface area contributed by atoms with Crippen LogP contribution in [-0.2, 0) is 9.47 Å². The lowest BCUT2D eigenvalue weighted by atomic mass is 9.54. The number of aromatic nitrogens is 2. The molecule has 5 rings (SSSR count). The van der Waals surface area contributed by atoms with E-state index in [1.807, 2.05) is 33.8 Å². The Kier molecular flexibility index (Phi) is 5.73. The molecule has 0 radical (unpaired) electrons. The molecule has 1 saturated carbocycles. The van der Waals surface area contributed by atoms with Crippen LogP contribution in [0.4, 0.5) is 10.6 Å². The zero-order chi connectivity index (χ0) is 22.8. The summed E-state index contributed by atoms with van der Waals surface area (Å²) in [4.78, 5) is 23.0. The first-order valence-electron chi connectivity index (χ1n) is 10.2. The summed E-state index contributed by atoms with van der Waals surface area (Å²) in [5.41, 5.74) is 1.45. The number of likely N-dealkylation sites (tertiary alicyclic amines) is 1. The van der Waals surface area contributed by atoms with Crippen LogP contribution >= 0.6 is 54.9 Å². The number of hydrogen-bond donors (Lipinski definition) is 1. The van der Waals surface area contributed by atoms with Gasteiger partial charge in [0.15, 0.2) is 9.33 Å². The quantitative estimate of drug-likeness (QED) is 0.274. The Balaban J connectivity index is 1.28. The molecule has 1 aromatic rings. The summed E-state index contributed by atoms with van der Waals surface area (Å²) in [5.74, 6) is 1.47. The lowest BCUT2D eigenvalue weighted by molar-refractivity contribution is -0.443. The van der Waals surface area contributed by atoms with Crippen molar-refractivity contribution in [3.05, 3.63) is 32.3 Å². The van der Waals surface area contributed by atoms with Crippen LogP contribution in [-0.4, -0.2) is 53.6 Å². The number of piperidine rings is 1. The molecule has 0 aromatic carbocycles. The second kappa shape index (κ2) is 8.05. The maximum absolute atomic E-state index is 12.5. The number of allylic oxidation sites excluding steroid dienone is 3. The smallest absolute Gasteiger partial charge is 0.413 e. The van der Waals surface area contributed by atoms with Gasteiger partial charge in [0.25, 0.3) is 0 Å². The zero-order valence-electron chi connectivity index (χ0n) is 18.0. The number of amides is 1. The Bertz CT molecular complexity index is 1080. The minimum absolute atomic E-state index is 0.0503. The Hall–Kier alpha value is -0.990. The minimum Gasteiger partial charge on any atom is -0.473 e. The number of alkyl halides is 1. The van der Waals surface area contributed by atoms with Gasteiger partial charge in [-0.2, -0.15) is 0 Å². The summed E-state index contributed by atoms with van der Waals surface area (Å²) in [6, 6.07) is 0. The van der Waals surface area contributed by atoms with Gasteiger partial charge in [0.2, 0.25) is 5.88 Å². The number of rotatable bonds is 5. The minimum atomic E-state index is -0.573. The Labute approximate surface area is 215 Å². The third-order valence-electron chi connectivity index (χ3n) is 6.11. The number of nitrogens with zero attached hydrogens (tertiary/aromatic N) is 3. The van der Waals surface area contributed by atoms with E-state index in [0.29, 0.717) is 24.8 Å². The maximum Gasteiger partial charge on any atom is 0.413 e. The van der Waals surface area contributed by atoms with Crippen molar-refractivity contribution in [2.45, 2.75) is 43.1 Å². The molecule has 3 aliphatic heterocycles. The molecule has 3 fully saturated rings. The zero-order valence-corrected chi connectivity index (χ0v) is 23.1. The summed E-state index contributed by atoms with van der Waals surface area (Å²) < 4.78 is 20.4. The molecular formula is C21H23ClI2N4O4. The van der Waals surface area contributed by atoms with Crippen LogP contribution in [0.5, 0.6) is 5.88 Å². The fourth-order valence-electron chi connectivity index (χ4n) is 4.53. The number of halogens is 3. The molecule has 1 spiro atoms. The number of carbonyl (C=O) groups excluding carboxylic acids is 1. The largest absolute Gasteiger partial charge is 0.473 e. The molecule has 1 amide bonds. The van der Waals surface area contributed by atoms with Crippen LogP contribution < -0.4 is 10.1 Å². The molecular weight excluding hydrogens is 662 g/mol. The Morgan fingerprint density at radius 1 is 1.41 bits per heavy atom. The average Bonchev–Trinajstić information content (AvgIpc) is 2.63. The molecule has 32 heavy (non-hydrogen) atoms. The van der Waals surface area contributed by atoms with Gasteiger partial charge in [0, 0.05) is 6.54 Å². The van der Waals surface area contributed by atoms with Crippen molar-refractivity contribution in [2.75, 3.05) is 18.5 Å². The highest BCUT2D eigenvalue weighted by atomic mass is 127. The topological polar surface area (TPSA) is 85.8 Å². The predicted molar refractivity (Wildman–Crippen MR) is 138 cm³/mol. The fraction of sp³-hybridized carbons (Fsp3) is 0.524. The second-order valence-corrected chi connectivity index (χ2v) is 14.1. The third-order valence-corrected chi connectivity index (χ3v) is 9.72. The van der Waals surface area contributed by atoms with Crippen molar-refractivity contribution >= 4 is 70.8 Å². The molecule has 4 heterocycles. The van der Waals surface area contributed by atoms with Crippen molar-refractivity contribution in [3.8, 4) is 5.88 Å². The van der Waals surface area contributed by atoms with Crippen LogP contribution in [0.1, 0.15) is 26.3 Å². The maximum atomic E-state index is 12.5. The van der Waals surface area contributed by atoms with Gasteiger partial charge in [-0.05, 0) is 65.9 Å². The van der Waals surface area contributed by atoms with E-state index >= 15 is 0 Å². The van der Waals surface area contributed by atoms with Crippen molar-refractivity contribution in [2.24, 2.45) is 11.8 Å². The summed E-state index contributed by atoms with van der Waals surface area (Å²) in [6.45, 7) is 8.80. The van der Waals surface area contributed by atoms with Crippen molar-refractivity contribution in [1.29, 1.82) is 0 Å². The Morgan fingerprint density at radius 3 is 2.81 bits per heavy atom. The van der Waals surface area contributed by atoms with Gasteiger partial charge in [-0.3, -0.25) is 4.90 Å². The molecule has 4 atom stereocenters. The summed E-state index contributed by atoms with van der Waals surface area (Å²) >= 11 is 8.17. The molecule has 172 valence electrons. The molecule has 11 heteroatoms. The number of hydrogen-bond acceptors (Lipinski definition) is 7. The summed E-state index contributed by atoms with van der Waals surface area (Å²) in [5, 5.41) is 4.10. The summed E-state index contributed by atoms with van der Waals surface area (Å²) in [7, 11) is 0. The predicted octanol–water partition coefficient (Wildman–Crippen LogP) is 4.68. The first kappa shape index (κ1) is 22.8. The number of anilines is 1. The highest BCUT2D eigenvalue weighted by molar-refractivity contribution is 14.2. The molecule has 0 bridgehead atoms. The molecule has 1 N–H and O–H groups in total. The van der Waals surface area contributed by atoms with E-state index in [9.17, 15) is 4.79 Å². The van der Waals surface area contributed by atoms with Crippen LogP contribution in [0.15, 0.2) is 26.7 Å². The lowest BCUT2D eigenvalue weighted by Gasteiger charge is -2.75. The molecule has 8 nitrogen and oxygen atoms in total. The van der Waals surface area contributed by atoms with Crippen molar-refractivity contribution < 1.29 is 19.0 Å². The van der Waals surface area contributed by atoms with Gasteiger partial charge in [-0.15, -0.1) is 0 Å². The first-order chi connectivity index (χ1) is 15.1. The molecule has 1 aromatic heterocycles. The number of ether oxygens (including phenoxy) is 3. The van der Waals surface area contributed by atoms with E-state index in [-0.39, 0.29) is 44.8 Å². The van der Waals surface area contributed by atoms with Gasteiger partial charge in [0.05, 0.1) is 32.7 Å². The SMILES string of the molecule is CC1=CC(Cl)=C(Nc2ncnc(OC3C4COC45C3CN5C(=O)OC(C)(C)I)c2C)I=C1. The van der Waals surface area contributed by atoms with E-state index in [1.54, 1.807) is 4.90 Å². The first-order valence-corrected chi connectivity index (χ1v) is 14.0. The Morgan fingerprint density at radius 2 is 2.19 bits per heavy atom. The second-order valence-electron chi connectivity index (χ2n) is 8.75. The average molecular weight is 685 g/mol. The van der Waals surface area contributed by atoms with Crippen molar-refractivity contribution in [3.63, 3.8) is 0 Å². The summed E-state index contributed by atoms with van der Waals surface area (Å²) in [6.07, 6.45) is 3.07. The van der Waals surface area contributed by atoms with E-state index in [2.05, 4.69) is 41.9 Å². The van der Waals surface area contributed by atoms with Crippen LogP contribution in [0.3, 0.4) is 0 Å².